The van der Waals surface area contributed by atoms with Crippen molar-refractivity contribution in [1.82, 2.24) is 28.5 Å². The highest BCUT2D eigenvalue weighted by atomic mass is 32.2. The van der Waals surface area contributed by atoms with Crippen LogP contribution in [0.1, 0.15) is 5.56 Å². The lowest BCUT2D eigenvalue weighted by Crippen LogP contribution is -2.51. The number of β-amino-alcohol motifs (C(OH)–C–C–N with tert-alkyl or cyclic N) is 2. The number of rotatable bonds is 9. The van der Waals surface area contributed by atoms with Gasteiger partial charge in [0.1, 0.15) is 0 Å². The van der Waals surface area contributed by atoms with Gasteiger partial charge in [0.25, 0.3) is 5.56 Å². The molecule has 12 nitrogen and oxygen atoms in total. The van der Waals surface area contributed by atoms with Gasteiger partial charge in [-0.3, -0.25) is 23.7 Å². The lowest BCUT2D eigenvalue weighted by molar-refractivity contribution is 0.0486. The van der Waals surface area contributed by atoms with Crippen molar-refractivity contribution in [3.8, 4) is 0 Å². The van der Waals surface area contributed by atoms with Crippen molar-refractivity contribution in [2.45, 2.75) is 30.6 Å². The lowest BCUT2D eigenvalue weighted by atomic mass is 10.2. The van der Waals surface area contributed by atoms with E-state index in [-0.39, 0.29) is 34.9 Å². The number of imidazole rings is 1. The first-order valence-electron chi connectivity index (χ1n) is 12.2. The van der Waals surface area contributed by atoms with Gasteiger partial charge in [0.05, 0.1) is 35.7 Å². The average molecular weight is 535 g/mol. The summed E-state index contributed by atoms with van der Waals surface area (Å²) in [7, 11) is -0.624. The Bertz CT molecular complexity index is 1490. The van der Waals surface area contributed by atoms with Crippen LogP contribution in [-0.4, -0.2) is 104 Å². The smallest absolute Gasteiger partial charge is 0.332 e. The van der Waals surface area contributed by atoms with E-state index in [1.54, 1.807) is 29.8 Å². The Balaban J connectivity index is 1.28. The molecule has 202 valence electrons. The predicted molar refractivity (Wildman–Crippen MR) is 138 cm³/mol. The van der Waals surface area contributed by atoms with Crippen LogP contribution in [0.2, 0.25) is 0 Å². The first-order valence-corrected chi connectivity index (χ1v) is 13.8. The highest BCUT2D eigenvalue weighted by Gasteiger charge is 2.25. The number of aliphatic hydroxyl groups excluding tert-OH is 2. The molecule has 1 fully saturated rings. The van der Waals surface area contributed by atoms with Gasteiger partial charge in [-0.05, 0) is 24.6 Å². The number of sulfone groups is 1. The van der Waals surface area contributed by atoms with E-state index in [9.17, 15) is 28.2 Å². The molecule has 37 heavy (non-hydrogen) atoms. The van der Waals surface area contributed by atoms with Crippen molar-refractivity contribution in [1.29, 1.82) is 0 Å². The minimum absolute atomic E-state index is 0.152. The van der Waals surface area contributed by atoms with Gasteiger partial charge in [0.2, 0.25) is 0 Å². The van der Waals surface area contributed by atoms with Crippen LogP contribution in [0.4, 0.5) is 0 Å². The maximum absolute atomic E-state index is 12.6. The molecular weight excluding hydrogens is 500 g/mol. The van der Waals surface area contributed by atoms with E-state index in [2.05, 4.69) is 9.88 Å². The molecule has 13 heteroatoms. The fourth-order valence-electron chi connectivity index (χ4n) is 4.78. The van der Waals surface area contributed by atoms with E-state index in [4.69, 9.17) is 0 Å². The molecule has 1 aliphatic heterocycles. The molecule has 0 bridgehead atoms. The Kier molecular flexibility index (Phi) is 7.99. The number of aryl methyl sites for hydroxylation is 2. The summed E-state index contributed by atoms with van der Waals surface area (Å²) in [5.74, 6) is -0.334. The molecule has 1 aromatic carbocycles. The third-order valence-electron chi connectivity index (χ3n) is 6.79. The van der Waals surface area contributed by atoms with E-state index in [0.29, 0.717) is 32.7 Å². The minimum atomic E-state index is -3.58. The summed E-state index contributed by atoms with van der Waals surface area (Å²) in [6, 6.07) is 6.68. The van der Waals surface area contributed by atoms with Gasteiger partial charge in [-0.1, -0.05) is 12.1 Å². The van der Waals surface area contributed by atoms with Gasteiger partial charge < -0.3 is 14.8 Å². The fourth-order valence-corrected chi connectivity index (χ4v) is 6.24. The Labute approximate surface area is 214 Å². The first-order chi connectivity index (χ1) is 17.5. The zero-order chi connectivity index (χ0) is 26.9. The number of aromatic nitrogens is 4. The van der Waals surface area contributed by atoms with Gasteiger partial charge in [-0.25, -0.2) is 18.2 Å². The Morgan fingerprint density at radius 2 is 1.57 bits per heavy atom. The second kappa shape index (κ2) is 10.9. The molecule has 0 spiro atoms. The van der Waals surface area contributed by atoms with Gasteiger partial charge >= 0.3 is 5.69 Å². The van der Waals surface area contributed by atoms with E-state index in [1.165, 1.54) is 17.9 Å². The topological polar surface area (TPSA) is 143 Å². The maximum atomic E-state index is 12.6. The van der Waals surface area contributed by atoms with Crippen molar-refractivity contribution < 1.29 is 18.6 Å². The largest absolute Gasteiger partial charge is 0.391 e. The summed E-state index contributed by atoms with van der Waals surface area (Å²) in [6.45, 7) is 5.17. The summed E-state index contributed by atoms with van der Waals surface area (Å²) >= 11 is 0. The fraction of sp³-hybridized carbons (Fsp3) is 0.542. The van der Waals surface area contributed by atoms with E-state index < -0.39 is 33.3 Å². The zero-order valence-corrected chi connectivity index (χ0v) is 22.1. The number of fused-ring (bicyclic) bond motifs is 1. The first kappa shape index (κ1) is 27.2. The van der Waals surface area contributed by atoms with E-state index in [1.807, 2.05) is 17.9 Å². The van der Waals surface area contributed by atoms with Gasteiger partial charge in [-0.15, -0.1) is 0 Å². The molecule has 0 saturated carbocycles. The quantitative estimate of drug-likeness (QED) is 0.337. The highest BCUT2D eigenvalue weighted by molar-refractivity contribution is 7.91. The molecule has 2 atom stereocenters. The van der Waals surface area contributed by atoms with Crippen molar-refractivity contribution in [3.05, 3.63) is 57.0 Å². The molecule has 0 radical (unpaired) electrons. The number of hydrogen-bond donors (Lipinski definition) is 2. The molecule has 3 heterocycles. The summed E-state index contributed by atoms with van der Waals surface area (Å²) in [5, 5.41) is 21.2. The second-order valence-corrected chi connectivity index (χ2v) is 11.8. The molecule has 2 unspecified atom stereocenters. The number of benzene rings is 1. The van der Waals surface area contributed by atoms with Crippen LogP contribution in [0, 0.1) is 6.92 Å². The van der Waals surface area contributed by atoms with Crippen LogP contribution in [0.25, 0.3) is 11.2 Å². The monoisotopic (exact) mass is 534 g/mol. The van der Waals surface area contributed by atoms with Gasteiger partial charge in [0.15, 0.2) is 21.0 Å². The van der Waals surface area contributed by atoms with Crippen molar-refractivity contribution in [2.24, 2.45) is 14.1 Å². The Morgan fingerprint density at radius 3 is 2.19 bits per heavy atom. The molecule has 4 rings (SSSR count). The molecule has 2 N–H and O–H groups in total. The van der Waals surface area contributed by atoms with Crippen LogP contribution in [0.5, 0.6) is 0 Å². The number of aliphatic hydroxyl groups is 2. The van der Waals surface area contributed by atoms with Crippen molar-refractivity contribution in [2.75, 3.05) is 45.0 Å². The normalized spacial score (nSPS) is 17.3. The van der Waals surface area contributed by atoms with E-state index >= 15 is 0 Å². The standard InChI is InChI=1S/C24H34N6O6S/c1-17-5-4-6-20(11-17)37(35,36)15-19(32)13-29-9-7-28(8-10-29)12-18(31)14-30-16-25-22-21(30)23(33)27(3)24(34)26(22)2/h4-6,11,16,18-19,31-32H,7-10,12-15H2,1-3H3. The molecule has 1 saturated heterocycles. The van der Waals surface area contributed by atoms with Crippen LogP contribution in [0.3, 0.4) is 0 Å². The average Bonchev–Trinajstić information content (AvgIpc) is 3.25. The molecular formula is C24H34N6O6S. The summed E-state index contributed by atoms with van der Waals surface area (Å²) in [6.07, 6.45) is -0.314. The Morgan fingerprint density at radius 1 is 0.946 bits per heavy atom. The summed E-state index contributed by atoms with van der Waals surface area (Å²) in [5.41, 5.74) is 0.474. The molecule has 3 aromatic rings. The summed E-state index contributed by atoms with van der Waals surface area (Å²) in [4.78, 5) is 33.2. The van der Waals surface area contributed by atoms with Crippen LogP contribution in [0.15, 0.2) is 45.1 Å². The zero-order valence-electron chi connectivity index (χ0n) is 21.3. The predicted octanol–water partition coefficient (Wildman–Crippen LogP) is -1.44. The highest BCUT2D eigenvalue weighted by Crippen LogP contribution is 2.15. The van der Waals surface area contributed by atoms with E-state index in [0.717, 1.165) is 10.1 Å². The van der Waals surface area contributed by atoms with Gasteiger partial charge in [-0.2, -0.15) is 0 Å². The SMILES string of the molecule is Cc1cccc(S(=O)(=O)CC(O)CN2CCN(CC(O)Cn3cnc4c3c(=O)n(C)c(=O)n4C)CC2)c1. The number of hydrogen-bond acceptors (Lipinski definition) is 9. The molecule has 0 amide bonds. The number of piperazine rings is 1. The van der Waals surface area contributed by atoms with Crippen molar-refractivity contribution >= 4 is 21.0 Å². The minimum Gasteiger partial charge on any atom is -0.391 e. The van der Waals surface area contributed by atoms with Crippen LogP contribution >= 0.6 is 0 Å². The second-order valence-electron chi connectivity index (χ2n) is 9.78. The van der Waals surface area contributed by atoms with Crippen LogP contribution < -0.4 is 11.2 Å². The molecule has 0 aliphatic carbocycles. The van der Waals surface area contributed by atoms with Gasteiger partial charge in [0, 0.05) is 53.4 Å². The third kappa shape index (κ3) is 6.02. The van der Waals surface area contributed by atoms with Crippen LogP contribution in [-0.2, 0) is 30.5 Å². The lowest BCUT2D eigenvalue weighted by Gasteiger charge is -2.36. The maximum Gasteiger partial charge on any atom is 0.332 e. The Hall–Kier alpha value is -2.84. The molecule has 1 aliphatic rings. The summed E-state index contributed by atoms with van der Waals surface area (Å²) < 4.78 is 29.2. The molecule has 2 aromatic heterocycles. The van der Waals surface area contributed by atoms with Crippen molar-refractivity contribution in [3.63, 3.8) is 0 Å². The third-order valence-corrected chi connectivity index (χ3v) is 8.58. The number of nitrogens with zero attached hydrogens (tertiary/aromatic N) is 6.